The minimum absolute atomic E-state index is 0.260. The van der Waals surface area contributed by atoms with Crippen molar-refractivity contribution in [2.45, 2.75) is 26.4 Å². The summed E-state index contributed by atoms with van der Waals surface area (Å²) < 4.78 is 5.75. The number of benzene rings is 2. The van der Waals surface area contributed by atoms with Crippen molar-refractivity contribution in [2.24, 2.45) is 0 Å². The topological polar surface area (TPSA) is 38.3 Å². The molecule has 1 atom stereocenters. The molecule has 0 radical (unpaired) electrons. The number of carbonyl (C=O) groups excluding carboxylic acids is 1. The third kappa shape index (κ3) is 4.39. The van der Waals surface area contributed by atoms with Gasteiger partial charge in [0, 0.05) is 15.7 Å². The first-order valence-corrected chi connectivity index (χ1v) is 7.76. The lowest BCUT2D eigenvalue weighted by Crippen LogP contribution is -2.30. The fourth-order valence-corrected chi connectivity index (χ4v) is 2.55. The van der Waals surface area contributed by atoms with Crippen molar-refractivity contribution < 1.29 is 9.53 Å². The molecule has 0 aliphatic heterocycles. The summed E-state index contributed by atoms with van der Waals surface area (Å²) in [5, 5.41) is 3.68. The Balaban J connectivity index is 2.06. The molecule has 1 amide bonds. The van der Waals surface area contributed by atoms with Gasteiger partial charge in [-0.25, -0.2) is 0 Å². The molecule has 0 bridgehead atoms. The fourth-order valence-electron chi connectivity index (χ4n) is 2.02. The maximum atomic E-state index is 12.2. The molecule has 0 unspecified atom stereocenters. The van der Waals surface area contributed by atoms with Crippen LogP contribution in [0.4, 0.5) is 5.69 Å². The maximum absolute atomic E-state index is 12.2. The van der Waals surface area contributed by atoms with Crippen LogP contribution in [0.25, 0.3) is 0 Å². The molecule has 0 aliphatic rings. The van der Waals surface area contributed by atoms with Crippen molar-refractivity contribution in [1.29, 1.82) is 0 Å². The maximum Gasteiger partial charge on any atom is 0.265 e. The van der Waals surface area contributed by atoms with Crippen molar-refractivity contribution in [3.05, 3.63) is 58.1 Å². The van der Waals surface area contributed by atoms with Gasteiger partial charge in [-0.3, -0.25) is 4.79 Å². The van der Waals surface area contributed by atoms with E-state index in [1.165, 1.54) is 0 Å². The second kappa shape index (κ2) is 7.52. The van der Waals surface area contributed by atoms with Crippen molar-refractivity contribution >= 4 is 34.8 Å². The first kappa shape index (κ1) is 16.7. The highest BCUT2D eigenvalue weighted by Crippen LogP contribution is 2.23. The van der Waals surface area contributed by atoms with E-state index in [0.717, 1.165) is 17.7 Å². The van der Waals surface area contributed by atoms with Crippen LogP contribution in [0.3, 0.4) is 0 Å². The number of hydrogen-bond donors (Lipinski definition) is 1. The summed E-state index contributed by atoms with van der Waals surface area (Å²) in [5.41, 5.74) is 1.61. The predicted molar refractivity (Wildman–Crippen MR) is 91.0 cm³/mol. The smallest absolute Gasteiger partial charge is 0.265 e. The van der Waals surface area contributed by atoms with Crippen LogP contribution < -0.4 is 10.1 Å². The number of hydrogen-bond acceptors (Lipinski definition) is 2. The Labute approximate surface area is 140 Å². The van der Waals surface area contributed by atoms with Crippen LogP contribution in [-0.2, 0) is 11.2 Å². The SMILES string of the molecule is CCc1ccccc1O[C@@H](C)C(=O)Nc1cc(Cl)cc(Cl)c1. The third-order valence-corrected chi connectivity index (χ3v) is 3.59. The zero-order valence-electron chi connectivity index (χ0n) is 12.4. The summed E-state index contributed by atoms with van der Waals surface area (Å²) in [6.07, 6.45) is 0.208. The van der Waals surface area contributed by atoms with Crippen LogP contribution in [0.2, 0.25) is 10.0 Å². The molecular weight excluding hydrogens is 321 g/mol. The minimum atomic E-state index is -0.634. The van der Waals surface area contributed by atoms with Gasteiger partial charge in [0.2, 0.25) is 0 Å². The van der Waals surface area contributed by atoms with E-state index in [4.69, 9.17) is 27.9 Å². The lowest BCUT2D eigenvalue weighted by atomic mass is 10.1. The molecular formula is C17H17Cl2NO2. The second-order valence-corrected chi connectivity index (χ2v) is 5.74. The van der Waals surface area contributed by atoms with E-state index in [-0.39, 0.29) is 5.91 Å². The molecule has 0 heterocycles. The number of anilines is 1. The number of rotatable bonds is 5. The Hall–Kier alpha value is -1.71. The van der Waals surface area contributed by atoms with Gasteiger partial charge in [0.1, 0.15) is 5.75 Å². The highest BCUT2D eigenvalue weighted by atomic mass is 35.5. The summed E-state index contributed by atoms with van der Waals surface area (Å²) in [5.74, 6) is 0.459. The fraction of sp³-hybridized carbons (Fsp3) is 0.235. The zero-order chi connectivity index (χ0) is 16.1. The molecule has 2 aromatic carbocycles. The Kier molecular flexibility index (Phi) is 5.69. The standard InChI is InChI=1S/C17H17Cl2NO2/c1-3-12-6-4-5-7-16(12)22-11(2)17(21)20-15-9-13(18)8-14(19)10-15/h4-11H,3H2,1-2H3,(H,20,21)/t11-/m0/s1. The molecule has 2 aromatic rings. The molecule has 0 saturated heterocycles. The number of amides is 1. The van der Waals surface area contributed by atoms with Gasteiger partial charge in [-0.2, -0.15) is 0 Å². The highest BCUT2D eigenvalue weighted by molar-refractivity contribution is 6.35. The molecule has 0 saturated carbocycles. The molecule has 0 aromatic heterocycles. The summed E-state index contributed by atoms with van der Waals surface area (Å²) in [4.78, 5) is 12.2. The molecule has 22 heavy (non-hydrogen) atoms. The van der Waals surface area contributed by atoms with E-state index in [0.29, 0.717) is 15.7 Å². The Morgan fingerprint density at radius 3 is 2.45 bits per heavy atom. The largest absolute Gasteiger partial charge is 0.481 e. The van der Waals surface area contributed by atoms with Crippen LogP contribution in [0, 0.1) is 0 Å². The molecule has 3 nitrogen and oxygen atoms in total. The molecule has 5 heteroatoms. The van der Waals surface area contributed by atoms with Gasteiger partial charge >= 0.3 is 0 Å². The van der Waals surface area contributed by atoms with Crippen molar-refractivity contribution in [2.75, 3.05) is 5.32 Å². The number of nitrogens with one attached hydrogen (secondary N) is 1. The number of aryl methyl sites for hydroxylation is 1. The summed E-state index contributed by atoms with van der Waals surface area (Å²) in [7, 11) is 0. The van der Waals surface area contributed by atoms with Crippen LogP contribution in [0.15, 0.2) is 42.5 Å². The summed E-state index contributed by atoms with van der Waals surface area (Å²) in [6.45, 7) is 3.74. The van der Waals surface area contributed by atoms with Gasteiger partial charge in [-0.15, -0.1) is 0 Å². The van der Waals surface area contributed by atoms with Crippen molar-refractivity contribution in [3.8, 4) is 5.75 Å². The lowest BCUT2D eigenvalue weighted by molar-refractivity contribution is -0.122. The molecule has 116 valence electrons. The van der Waals surface area contributed by atoms with Gasteiger partial charge < -0.3 is 10.1 Å². The molecule has 1 N–H and O–H groups in total. The van der Waals surface area contributed by atoms with E-state index in [1.54, 1.807) is 25.1 Å². The molecule has 0 fully saturated rings. The molecule has 0 spiro atoms. The van der Waals surface area contributed by atoms with Gasteiger partial charge in [-0.05, 0) is 43.2 Å². The first-order valence-electron chi connectivity index (χ1n) is 7.01. The van der Waals surface area contributed by atoms with Gasteiger partial charge in [-0.1, -0.05) is 48.3 Å². The van der Waals surface area contributed by atoms with Gasteiger partial charge in [0.15, 0.2) is 6.10 Å². The van der Waals surface area contributed by atoms with Crippen LogP contribution in [0.5, 0.6) is 5.75 Å². The Morgan fingerprint density at radius 2 is 1.82 bits per heavy atom. The first-order chi connectivity index (χ1) is 10.5. The van der Waals surface area contributed by atoms with Gasteiger partial charge in [0.25, 0.3) is 5.91 Å². The average molecular weight is 338 g/mol. The number of halogens is 2. The monoisotopic (exact) mass is 337 g/mol. The Morgan fingerprint density at radius 1 is 1.18 bits per heavy atom. The van der Waals surface area contributed by atoms with E-state index in [9.17, 15) is 4.79 Å². The Bertz CT molecular complexity index is 653. The van der Waals surface area contributed by atoms with E-state index in [2.05, 4.69) is 5.32 Å². The van der Waals surface area contributed by atoms with E-state index in [1.807, 2.05) is 31.2 Å². The van der Waals surface area contributed by atoms with Crippen molar-refractivity contribution in [3.63, 3.8) is 0 Å². The molecule has 0 aliphatic carbocycles. The average Bonchev–Trinajstić information content (AvgIpc) is 2.46. The zero-order valence-corrected chi connectivity index (χ0v) is 13.9. The van der Waals surface area contributed by atoms with E-state index >= 15 is 0 Å². The normalized spacial score (nSPS) is 11.8. The van der Waals surface area contributed by atoms with E-state index < -0.39 is 6.10 Å². The summed E-state index contributed by atoms with van der Waals surface area (Å²) >= 11 is 11.8. The van der Waals surface area contributed by atoms with Crippen LogP contribution in [0.1, 0.15) is 19.4 Å². The minimum Gasteiger partial charge on any atom is -0.481 e. The second-order valence-electron chi connectivity index (χ2n) is 4.87. The number of para-hydroxylation sites is 1. The van der Waals surface area contributed by atoms with Gasteiger partial charge in [0.05, 0.1) is 0 Å². The highest BCUT2D eigenvalue weighted by Gasteiger charge is 2.16. The van der Waals surface area contributed by atoms with Crippen LogP contribution in [-0.4, -0.2) is 12.0 Å². The van der Waals surface area contributed by atoms with Crippen molar-refractivity contribution in [1.82, 2.24) is 0 Å². The number of ether oxygens (including phenoxy) is 1. The molecule has 2 rings (SSSR count). The van der Waals surface area contributed by atoms with Crippen LogP contribution >= 0.6 is 23.2 Å². The third-order valence-electron chi connectivity index (χ3n) is 3.16. The predicted octanol–water partition coefficient (Wildman–Crippen LogP) is 4.96. The summed E-state index contributed by atoms with van der Waals surface area (Å²) in [6, 6.07) is 12.6. The number of carbonyl (C=O) groups is 1. The quantitative estimate of drug-likeness (QED) is 0.837. The lowest BCUT2D eigenvalue weighted by Gasteiger charge is -2.17.